The standard InChI is InChI=1S/C10H12N2O2S/c1-3-7(10(13)14-2)12-9(11)8-5-4-6-15-8/h3-6H,1-2H3,(H2,11,12)/b7-3+. The highest BCUT2D eigenvalue weighted by atomic mass is 32.1. The minimum atomic E-state index is -0.489. The number of nitrogens with two attached hydrogens (primary N) is 1. The largest absolute Gasteiger partial charge is 0.464 e. The van der Waals surface area contributed by atoms with Gasteiger partial charge < -0.3 is 10.5 Å². The van der Waals surface area contributed by atoms with Crippen LogP contribution in [0.25, 0.3) is 0 Å². The van der Waals surface area contributed by atoms with Crippen molar-refractivity contribution in [3.05, 3.63) is 34.2 Å². The molecule has 0 atom stereocenters. The summed E-state index contributed by atoms with van der Waals surface area (Å²) in [4.78, 5) is 16.0. The van der Waals surface area contributed by atoms with Gasteiger partial charge in [-0.25, -0.2) is 9.79 Å². The summed E-state index contributed by atoms with van der Waals surface area (Å²) in [7, 11) is 1.31. The molecule has 1 aromatic heterocycles. The van der Waals surface area contributed by atoms with E-state index in [1.165, 1.54) is 18.4 Å². The Morgan fingerprint density at radius 3 is 2.87 bits per heavy atom. The van der Waals surface area contributed by atoms with Crippen molar-refractivity contribution in [2.45, 2.75) is 6.92 Å². The number of hydrogen-bond acceptors (Lipinski definition) is 4. The number of nitrogens with zero attached hydrogens (tertiary/aromatic N) is 1. The van der Waals surface area contributed by atoms with E-state index in [9.17, 15) is 4.79 Å². The first-order chi connectivity index (χ1) is 7.19. The molecule has 0 aliphatic heterocycles. The number of rotatable bonds is 3. The van der Waals surface area contributed by atoms with Crippen molar-refractivity contribution in [1.82, 2.24) is 0 Å². The van der Waals surface area contributed by atoms with Gasteiger partial charge in [0.05, 0.1) is 12.0 Å². The summed E-state index contributed by atoms with van der Waals surface area (Å²) in [5.41, 5.74) is 5.93. The molecule has 0 aromatic carbocycles. The fraction of sp³-hybridized carbons (Fsp3) is 0.200. The quantitative estimate of drug-likeness (QED) is 0.366. The number of esters is 1. The van der Waals surface area contributed by atoms with Crippen molar-refractivity contribution >= 4 is 23.1 Å². The number of methoxy groups -OCH3 is 1. The smallest absolute Gasteiger partial charge is 0.356 e. The first kappa shape index (κ1) is 11.5. The van der Waals surface area contributed by atoms with Gasteiger partial charge in [-0.2, -0.15) is 0 Å². The lowest BCUT2D eigenvalue weighted by Gasteiger charge is -2.00. The predicted molar refractivity (Wildman–Crippen MR) is 60.8 cm³/mol. The number of ether oxygens (including phenoxy) is 1. The zero-order valence-corrected chi connectivity index (χ0v) is 9.38. The molecular weight excluding hydrogens is 212 g/mol. The first-order valence-electron chi connectivity index (χ1n) is 4.31. The minimum Gasteiger partial charge on any atom is -0.464 e. The second-order valence-electron chi connectivity index (χ2n) is 2.64. The van der Waals surface area contributed by atoms with Crippen molar-refractivity contribution < 1.29 is 9.53 Å². The van der Waals surface area contributed by atoms with E-state index in [-0.39, 0.29) is 5.70 Å². The molecule has 0 fully saturated rings. The molecule has 2 N–H and O–H groups in total. The molecule has 0 radical (unpaired) electrons. The van der Waals surface area contributed by atoms with Gasteiger partial charge in [0, 0.05) is 0 Å². The minimum absolute atomic E-state index is 0.211. The average molecular weight is 224 g/mol. The number of hydrogen-bond donors (Lipinski definition) is 1. The van der Waals surface area contributed by atoms with Gasteiger partial charge in [0.15, 0.2) is 0 Å². The lowest BCUT2D eigenvalue weighted by atomic mass is 10.4. The topological polar surface area (TPSA) is 64.7 Å². The molecule has 0 saturated heterocycles. The molecule has 1 heterocycles. The van der Waals surface area contributed by atoms with Crippen molar-refractivity contribution in [3.63, 3.8) is 0 Å². The summed E-state index contributed by atoms with van der Waals surface area (Å²) >= 11 is 1.47. The van der Waals surface area contributed by atoms with Crippen LogP contribution in [-0.4, -0.2) is 18.9 Å². The Hall–Kier alpha value is -1.62. The molecular formula is C10H12N2O2S. The Morgan fingerprint density at radius 1 is 1.67 bits per heavy atom. The van der Waals surface area contributed by atoms with Crippen LogP contribution in [-0.2, 0) is 9.53 Å². The molecule has 0 aliphatic rings. The van der Waals surface area contributed by atoms with Crippen molar-refractivity contribution in [2.24, 2.45) is 10.7 Å². The van der Waals surface area contributed by atoms with E-state index in [1.54, 1.807) is 13.0 Å². The van der Waals surface area contributed by atoms with Gasteiger partial charge >= 0.3 is 5.97 Å². The maximum Gasteiger partial charge on any atom is 0.356 e. The van der Waals surface area contributed by atoms with Crippen LogP contribution in [0.4, 0.5) is 0 Å². The maximum absolute atomic E-state index is 11.2. The van der Waals surface area contributed by atoms with Gasteiger partial charge in [-0.15, -0.1) is 11.3 Å². The van der Waals surface area contributed by atoms with Gasteiger partial charge in [0.25, 0.3) is 0 Å². The highest BCUT2D eigenvalue weighted by Gasteiger charge is 2.08. The molecule has 0 bridgehead atoms. The summed E-state index contributed by atoms with van der Waals surface area (Å²) < 4.78 is 4.56. The fourth-order valence-electron chi connectivity index (χ4n) is 0.942. The third-order valence-corrected chi connectivity index (χ3v) is 2.57. The second-order valence-corrected chi connectivity index (χ2v) is 3.59. The normalized spacial score (nSPS) is 12.7. The Morgan fingerprint density at radius 2 is 2.40 bits per heavy atom. The van der Waals surface area contributed by atoms with E-state index >= 15 is 0 Å². The van der Waals surface area contributed by atoms with Crippen molar-refractivity contribution in [1.29, 1.82) is 0 Å². The van der Waals surface area contributed by atoms with Crippen molar-refractivity contribution in [2.75, 3.05) is 7.11 Å². The first-order valence-corrected chi connectivity index (χ1v) is 5.19. The fourth-order valence-corrected chi connectivity index (χ4v) is 1.57. The molecule has 1 rings (SSSR count). The highest BCUT2D eigenvalue weighted by Crippen LogP contribution is 2.09. The zero-order chi connectivity index (χ0) is 11.3. The lowest BCUT2D eigenvalue weighted by Crippen LogP contribution is -2.14. The number of allylic oxidation sites excluding steroid dienone is 1. The summed E-state index contributed by atoms with van der Waals surface area (Å²) in [6.07, 6.45) is 1.56. The van der Waals surface area contributed by atoms with Gasteiger partial charge in [-0.05, 0) is 18.4 Å². The molecule has 80 valence electrons. The Balaban J connectivity index is 2.91. The Labute approximate surface area is 92.1 Å². The van der Waals surface area contributed by atoms with Crippen LogP contribution in [0.5, 0.6) is 0 Å². The van der Waals surface area contributed by atoms with E-state index in [1.807, 2.05) is 17.5 Å². The number of carbonyl (C=O) groups is 1. The van der Waals surface area contributed by atoms with Crippen molar-refractivity contribution in [3.8, 4) is 0 Å². The van der Waals surface area contributed by atoms with Gasteiger partial charge in [-0.3, -0.25) is 0 Å². The molecule has 0 saturated carbocycles. The number of aliphatic imine (C=N–C) groups is 1. The van der Waals surface area contributed by atoms with E-state index < -0.39 is 5.97 Å². The van der Waals surface area contributed by atoms with Gasteiger partial charge in [-0.1, -0.05) is 12.1 Å². The molecule has 1 aromatic rings. The SMILES string of the molecule is C/C=C(/N=C(N)c1cccs1)C(=O)OC. The Kier molecular flexibility index (Phi) is 4.05. The summed E-state index contributed by atoms with van der Waals surface area (Å²) in [5, 5.41) is 1.89. The molecule has 0 amide bonds. The lowest BCUT2D eigenvalue weighted by molar-refractivity contribution is -0.136. The van der Waals surface area contributed by atoms with Crippen LogP contribution in [0.1, 0.15) is 11.8 Å². The third kappa shape index (κ3) is 2.92. The molecule has 4 nitrogen and oxygen atoms in total. The number of thiophene rings is 1. The van der Waals surface area contributed by atoms with E-state index in [0.717, 1.165) is 4.88 Å². The Bertz CT molecular complexity index is 394. The zero-order valence-electron chi connectivity index (χ0n) is 8.56. The third-order valence-electron chi connectivity index (χ3n) is 1.68. The molecule has 0 unspecified atom stereocenters. The summed E-state index contributed by atoms with van der Waals surface area (Å²) in [5.74, 6) is -0.166. The number of carbonyl (C=O) groups excluding carboxylic acids is 1. The molecule has 0 spiro atoms. The summed E-state index contributed by atoms with van der Waals surface area (Å²) in [6, 6.07) is 3.71. The van der Waals surface area contributed by atoms with Crippen LogP contribution in [0.3, 0.4) is 0 Å². The maximum atomic E-state index is 11.2. The predicted octanol–water partition coefficient (Wildman–Crippen LogP) is 1.53. The second kappa shape index (κ2) is 5.31. The summed E-state index contributed by atoms with van der Waals surface area (Å²) in [6.45, 7) is 1.71. The van der Waals surface area contributed by atoms with Gasteiger partial charge in [0.2, 0.25) is 0 Å². The van der Waals surface area contributed by atoms with E-state index in [4.69, 9.17) is 5.73 Å². The molecule has 0 aliphatic carbocycles. The van der Waals surface area contributed by atoms with E-state index in [2.05, 4.69) is 9.73 Å². The average Bonchev–Trinajstić information content (AvgIpc) is 2.77. The van der Waals surface area contributed by atoms with Crippen LogP contribution in [0.2, 0.25) is 0 Å². The van der Waals surface area contributed by atoms with E-state index in [0.29, 0.717) is 5.84 Å². The van der Waals surface area contributed by atoms with Crippen LogP contribution >= 0.6 is 11.3 Å². The highest BCUT2D eigenvalue weighted by molar-refractivity contribution is 7.12. The molecule has 5 heteroatoms. The molecule has 15 heavy (non-hydrogen) atoms. The monoisotopic (exact) mass is 224 g/mol. The van der Waals surface area contributed by atoms with Gasteiger partial charge in [0.1, 0.15) is 11.5 Å². The number of amidine groups is 1. The van der Waals surface area contributed by atoms with Crippen LogP contribution in [0, 0.1) is 0 Å². The van der Waals surface area contributed by atoms with Crippen LogP contribution in [0.15, 0.2) is 34.3 Å². The van der Waals surface area contributed by atoms with Crippen LogP contribution < -0.4 is 5.73 Å².